The van der Waals surface area contributed by atoms with E-state index in [9.17, 15) is 13.6 Å². The molecule has 1 aliphatic carbocycles. The zero-order valence-corrected chi connectivity index (χ0v) is 11.2. The molecule has 4 heteroatoms. The van der Waals surface area contributed by atoms with Gasteiger partial charge in [-0.25, -0.2) is 0 Å². The average Bonchev–Trinajstić information content (AvgIpc) is 2.40. The first-order valence-electron chi connectivity index (χ1n) is 6.75. The lowest BCUT2D eigenvalue weighted by atomic mass is 9.87. The number of benzene rings is 1. The summed E-state index contributed by atoms with van der Waals surface area (Å²) in [6.07, 6.45) is 2.93. The molecule has 0 aliphatic heterocycles. The Balaban J connectivity index is 2.13. The van der Waals surface area contributed by atoms with Crippen LogP contribution < -0.4 is 5.73 Å². The second kappa shape index (κ2) is 6.04. The highest BCUT2D eigenvalue weighted by molar-refractivity contribution is 5.92. The number of alkyl halides is 2. The van der Waals surface area contributed by atoms with E-state index in [-0.39, 0.29) is 6.42 Å². The summed E-state index contributed by atoms with van der Waals surface area (Å²) in [7, 11) is 0. The normalized spacial score (nSPS) is 21.2. The number of halogens is 2. The first-order valence-corrected chi connectivity index (χ1v) is 6.75. The van der Waals surface area contributed by atoms with Crippen molar-refractivity contribution in [3.05, 3.63) is 35.4 Å². The first-order chi connectivity index (χ1) is 9.49. The SMILES string of the molecule is NC(=O)c1ccc(CC2CCCCC#CC2(F)F)cc1. The van der Waals surface area contributed by atoms with Gasteiger partial charge in [-0.2, -0.15) is 8.78 Å². The third kappa shape index (κ3) is 3.57. The topological polar surface area (TPSA) is 43.1 Å². The number of primary amides is 1. The van der Waals surface area contributed by atoms with Gasteiger partial charge in [-0.1, -0.05) is 24.5 Å². The quantitative estimate of drug-likeness (QED) is 0.847. The van der Waals surface area contributed by atoms with E-state index in [2.05, 4.69) is 11.8 Å². The van der Waals surface area contributed by atoms with Gasteiger partial charge in [0.2, 0.25) is 5.91 Å². The lowest BCUT2D eigenvalue weighted by Crippen LogP contribution is -2.29. The van der Waals surface area contributed by atoms with Crippen molar-refractivity contribution in [1.82, 2.24) is 0 Å². The van der Waals surface area contributed by atoms with E-state index in [1.165, 1.54) is 0 Å². The van der Waals surface area contributed by atoms with Gasteiger partial charge in [0.1, 0.15) is 0 Å². The lowest BCUT2D eigenvalue weighted by molar-refractivity contribution is -0.00443. The van der Waals surface area contributed by atoms with Crippen LogP contribution in [0.25, 0.3) is 0 Å². The fraction of sp³-hybridized carbons (Fsp3) is 0.438. The summed E-state index contributed by atoms with van der Waals surface area (Å²) in [5.74, 6) is 0.434. The summed E-state index contributed by atoms with van der Waals surface area (Å²) >= 11 is 0. The standard InChI is InChI=1S/C16H17F2NO/c17-16(18)10-4-2-1-3-5-14(16)11-12-6-8-13(9-7-12)15(19)20/h6-9,14H,1-3,5,11H2,(H2,19,20). The summed E-state index contributed by atoms with van der Waals surface area (Å²) in [6, 6.07) is 6.51. The van der Waals surface area contributed by atoms with Crippen molar-refractivity contribution >= 4 is 5.91 Å². The molecule has 2 N–H and O–H groups in total. The van der Waals surface area contributed by atoms with Crippen LogP contribution in [0.1, 0.15) is 41.6 Å². The molecule has 0 spiro atoms. The number of hydrogen-bond donors (Lipinski definition) is 1. The molecule has 0 saturated heterocycles. The molecular weight excluding hydrogens is 260 g/mol. The van der Waals surface area contributed by atoms with E-state index in [4.69, 9.17) is 5.73 Å². The number of carbonyl (C=O) groups excluding carboxylic acids is 1. The molecule has 0 saturated carbocycles. The maximum atomic E-state index is 14.0. The number of hydrogen-bond acceptors (Lipinski definition) is 1. The molecule has 0 heterocycles. The predicted molar refractivity (Wildman–Crippen MR) is 73.3 cm³/mol. The Morgan fingerprint density at radius 3 is 2.65 bits per heavy atom. The number of rotatable bonds is 3. The van der Waals surface area contributed by atoms with Gasteiger partial charge in [0.25, 0.3) is 0 Å². The highest BCUT2D eigenvalue weighted by Gasteiger charge is 2.37. The Hall–Kier alpha value is -1.89. The van der Waals surface area contributed by atoms with Crippen LogP contribution in [0.4, 0.5) is 8.78 Å². The predicted octanol–water partition coefficient (Wildman–Crippen LogP) is 3.16. The van der Waals surface area contributed by atoms with Crippen molar-refractivity contribution in [2.24, 2.45) is 11.7 Å². The molecule has 1 atom stereocenters. The Kier molecular flexibility index (Phi) is 4.39. The molecule has 0 aromatic heterocycles. The largest absolute Gasteiger partial charge is 0.366 e. The Morgan fingerprint density at radius 1 is 1.30 bits per heavy atom. The minimum atomic E-state index is -2.94. The van der Waals surface area contributed by atoms with Gasteiger partial charge in [-0.15, -0.1) is 0 Å². The van der Waals surface area contributed by atoms with Crippen molar-refractivity contribution in [1.29, 1.82) is 0 Å². The third-order valence-electron chi connectivity index (χ3n) is 3.59. The monoisotopic (exact) mass is 277 g/mol. The second-order valence-corrected chi connectivity index (χ2v) is 5.13. The van der Waals surface area contributed by atoms with Gasteiger partial charge < -0.3 is 5.73 Å². The molecule has 1 aliphatic rings. The smallest absolute Gasteiger partial charge is 0.311 e. The fourth-order valence-corrected chi connectivity index (χ4v) is 2.39. The van der Waals surface area contributed by atoms with Gasteiger partial charge in [0.15, 0.2) is 0 Å². The third-order valence-corrected chi connectivity index (χ3v) is 3.59. The van der Waals surface area contributed by atoms with Gasteiger partial charge in [-0.05, 0) is 42.9 Å². The number of nitrogens with two attached hydrogens (primary N) is 1. The molecule has 0 radical (unpaired) electrons. The van der Waals surface area contributed by atoms with Crippen molar-refractivity contribution in [3.8, 4) is 11.8 Å². The molecule has 20 heavy (non-hydrogen) atoms. The average molecular weight is 277 g/mol. The van der Waals surface area contributed by atoms with Crippen LogP contribution in [0.2, 0.25) is 0 Å². The van der Waals surface area contributed by atoms with Crippen LogP contribution >= 0.6 is 0 Å². The van der Waals surface area contributed by atoms with Gasteiger partial charge in [0, 0.05) is 17.9 Å². The van der Waals surface area contributed by atoms with Gasteiger partial charge in [0.05, 0.1) is 0 Å². The molecule has 2 nitrogen and oxygen atoms in total. The highest BCUT2D eigenvalue weighted by Crippen LogP contribution is 2.32. The zero-order valence-electron chi connectivity index (χ0n) is 11.2. The summed E-state index contributed by atoms with van der Waals surface area (Å²) in [6.45, 7) is 0. The number of carbonyl (C=O) groups is 1. The van der Waals surface area contributed by atoms with Crippen molar-refractivity contribution < 1.29 is 13.6 Å². The summed E-state index contributed by atoms with van der Waals surface area (Å²) in [5.41, 5.74) is 6.32. The Labute approximate surface area is 117 Å². The highest BCUT2D eigenvalue weighted by atomic mass is 19.3. The van der Waals surface area contributed by atoms with E-state index >= 15 is 0 Å². The molecule has 106 valence electrons. The molecule has 0 bridgehead atoms. The molecule has 1 amide bonds. The molecule has 1 aromatic carbocycles. The van der Waals surface area contributed by atoms with Gasteiger partial charge >= 0.3 is 5.92 Å². The summed E-state index contributed by atoms with van der Waals surface area (Å²) < 4.78 is 27.9. The van der Waals surface area contributed by atoms with Crippen LogP contribution in [0.15, 0.2) is 24.3 Å². The van der Waals surface area contributed by atoms with E-state index < -0.39 is 17.7 Å². The van der Waals surface area contributed by atoms with E-state index in [0.717, 1.165) is 18.4 Å². The second-order valence-electron chi connectivity index (χ2n) is 5.13. The lowest BCUT2D eigenvalue weighted by Gasteiger charge is -2.24. The summed E-state index contributed by atoms with van der Waals surface area (Å²) in [4.78, 5) is 11.0. The zero-order chi connectivity index (χ0) is 14.6. The van der Waals surface area contributed by atoms with E-state index in [0.29, 0.717) is 18.4 Å². The molecule has 0 fully saturated rings. The fourth-order valence-electron chi connectivity index (χ4n) is 2.39. The van der Waals surface area contributed by atoms with Crippen LogP contribution in [-0.2, 0) is 6.42 Å². The maximum Gasteiger partial charge on any atom is 0.311 e. The molecule has 2 rings (SSSR count). The Bertz CT molecular complexity index is 540. The van der Waals surface area contributed by atoms with E-state index in [1.807, 2.05) is 0 Å². The van der Waals surface area contributed by atoms with Crippen molar-refractivity contribution in [2.75, 3.05) is 0 Å². The minimum Gasteiger partial charge on any atom is -0.366 e. The van der Waals surface area contributed by atoms with Gasteiger partial charge in [-0.3, -0.25) is 4.79 Å². The Morgan fingerprint density at radius 2 is 2.00 bits per heavy atom. The van der Waals surface area contributed by atoms with E-state index in [1.54, 1.807) is 24.3 Å². The van der Waals surface area contributed by atoms with Crippen molar-refractivity contribution in [2.45, 2.75) is 38.0 Å². The van der Waals surface area contributed by atoms with Crippen LogP contribution in [0, 0.1) is 17.8 Å². The molecule has 1 aromatic rings. The van der Waals surface area contributed by atoms with Crippen LogP contribution in [-0.4, -0.2) is 11.8 Å². The molecule has 1 unspecified atom stereocenters. The van der Waals surface area contributed by atoms with Crippen LogP contribution in [0.3, 0.4) is 0 Å². The number of amides is 1. The molecular formula is C16H17F2NO. The van der Waals surface area contributed by atoms with Crippen molar-refractivity contribution in [3.63, 3.8) is 0 Å². The first kappa shape index (κ1) is 14.5. The summed E-state index contributed by atoms with van der Waals surface area (Å²) in [5, 5.41) is 0. The van der Waals surface area contributed by atoms with Crippen LogP contribution in [0.5, 0.6) is 0 Å². The maximum absolute atomic E-state index is 14.0. The minimum absolute atomic E-state index is 0.265.